The molecule has 0 aliphatic carbocycles. The first-order valence-electron chi connectivity index (χ1n) is 10.3. The average Bonchev–Trinajstić information content (AvgIpc) is 3.03. The zero-order chi connectivity index (χ0) is 22.3. The number of fused-ring (bicyclic) bond motifs is 1. The molecule has 0 bridgehead atoms. The van der Waals surface area contributed by atoms with E-state index < -0.39 is 0 Å². The van der Waals surface area contributed by atoms with Crippen molar-refractivity contribution >= 4 is 63.5 Å². The van der Waals surface area contributed by atoms with Crippen molar-refractivity contribution in [3.63, 3.8) is 0 Å². The van der Waals surface area contributed by atoms with Gasteiger partial charge in [0.05, 0.1) is 20.6 Å². The van der Waals surface area contributed by atoms with Crippen molar-refractivity contribution in [1.82, 2.24) is 5.32 Å². The number of benzene rings is 2. The molecule has 1 saturated heterocycles. The van der Waals surface area contributed by atoms with E-state index in [1.165, 1.54) is 23.0 Å². The molecule has 2 aliphatic rings. The molecule has 4 nitrogen and oxygen atoms in total. The maximum Gasteiger partial charge on any atom is 0.264 e. The topological polar surface area (TPSA) is 44.7 Å². The van der Waals surface area contributed by atoms with E-state index in [9.17, 15) is 4.79 Å². The maximum absolute atomic E-state index is 12.5. The van der Waals surface area contributed by atoms with Crippen LogP contribution in [-0.4, -0.2) is 23.2 Å². The van der Waals surface area contributed by atoms with E-state index in [4.69, 9.17) is 23.2 Å². The Morgan fingerprint density at radius 1 is 1.23 bits per heavy atom. The average molecular weight is 474 g/mol. The van der Waals surface area contributed by atoms with Gasteiger partial charge in [0.2, 0.25) is 0 Å². The van der Waals surface area contributed by atoms with Crippen molar-refractivity contribution in [3.8, 4) is 0 Å². The van der Waals surface area contributed by atoms with Crippen molar-refractivity contribution in [3.05, 3.63) is 62.5 Å². The standard InChI is InChI=1S/C24H25Cl2N3OS/c1-5-29-20-9-6-15(10-17(20)14(2)13-24(29,3)4)11-21-22(30)28-23(31-21)27-16-7-8-18(25)19(26)12-16/h6-12,14H,5,13H2,1-4H3,(H,27,28,30)/b21-11+. The van der Waals surface area contributed by atoms with E-state index in [-0.39, 0.29) is 11.4 Å². The first-order chi connectivity index (χ1) is 14.7. The van der Waals surface area contributed by atoms with Crippen LogP contribution in [0.25, 0.3) is 6.08 Å². The summed E-state index contributed by atoms with van der Waals surface area (Å²) in [6.45, 7) is 10.1. The van der Waals surface area contributed by atoms with E-state index in [1.54, 1.807) is 18.2 Å². The monoisotopic (exact) mass is 473 g/mol. The van der Waals surface area contributed by atoms with Gasteiger partial charge in [0, 0.05) is 17.8 Å². The van der Waals surface area contributed by atoms with Crippen molar-refractivity contribution in [1.29, 1.82) is 0 Å². The van der Waals surface area contributed by atoms with Gasteiger partial charge in [-0.3, -0.25) is 4.79 Å². The molecule has 1 atom stereocenters. The lowest BCUT2D eigenvalue weighted by atomic mass is 9.79. The molecule has 2 heterocycles. The number of anilines is 1. The number of aliphatic imine (C=N–C) groups is 1. The highest BCUT2D eigenvalue weighted by atomic mass is 35.5. The molecule has 0 spiro atoms. The van der Waals surface area contributed by atoms with Crippen LogP contribution in [0, 0.1) is 0 Å². The quantitative estimate of drug-likeness (QED) is 0.488. The van der Waals surface area contributed by atoms with E-state index in [0.29, 0.717) is 31.7 Å². The normalized spacial score (nSPS) is 22.7. The zero-order valence-corrected chi connectivity index (χ0v) is 20.3. The third-order valence-electron chi connectivity index (χ3n) is 5.81. The number of nitrogens with one attached hydrogen (secondary N) is 1. The van der Waals surface area contributed by atoms with Gasteiger partial charge in [0.25, 0.3) is 5.91 Å². The second-order valence-electron chi connectivity index (χ2n) is 8.56. The van der Waals surface area contributed by atoms with E-state index >= 15 is 0 Å². The highest BCUT2D eigenvalue weighted by Gasteiger charge is 2.35. The predicted octanol–water partition coefficient (Wildman–Crippen LogP) is 7.00. The van der Waals surface area contributed by atoms with Crippen LogP contribution >= 0.6 is 35.0 Å². The summed E-state index contributed by atoms with van der Waals surface area (Å²) < 4.78 is 0. The number of hydrogen-bond acceptors (Lipinski definition) is 4. The number of carbonyl (C=O) groups is 1. The first-order valence-corrected chi connectivity index (χ1v) is 11.9. The molecule has 1 amide bonds. The summed E-state index contributed by atoms with van der Waals surface area (Å²) in [7, 11) is 0. The highest BCUT2D eigenvalue weighted by Crippen LogP contribution is 2.43. The van der Waals surface area contributed by atoms with Crippen LogP contribution in [0.15, 0.2) is 46.3 Å². The number of amides is 1. The van der Waals surface area contributed by atoms with Gasteiger partial charge >= 0.3 is 0 Å². The smallest absolute Gasteiger partial charge is 0.264 e. The number of carbonyl (C=O) groups excluding carboxylic acids is 1. The Labute approximate surface area is 197 Å². The van der Waals surface area contributed by atoms with Crippen molar-refractivity contribution in [2.45, 2.75) is 45.6 Å². The van der Waals surface area contributed by atoms with E-state index in [1.807, 2.05) is 6.08 Å². The minimum Gasteiger partial charge on any atom is -0.366 e. The summed E-state index contributed by atoms with van der Waals surface area (Å²) in [6.07, 6.45) is 3.03. The van der Waals surface area contributed by atoms with Crippen molar-refractivity contribution in [2.75, 3.05) is 11.4 Å². The minimum absolute atomic E-state index is 0.137. The van der Waals surface area contributed by atoms with Gasteiger partial charge in [-0.15, -0.1) is 0 Å². The van der Waals surface area contributed by atoms with Crippen molar-refractivity contribution < 1.29 is 4.79 Å². The molecule has 1 fully saturated rings. The molecule has 1 N–H and O–H groups in total. The van der Waals surface area contributed by atoms with E-state index in [0.717, 1.165) is 18.5 Å². The number of hydrogen-bond donors (Lipinski definition) is 1. The van der Waals surface area contributed by atoms with Crippen molar-refractivity contribution in [2.24, 2.45) is 4.99 Å². The Morgan fingerprint density at radius 2 is 2.00 bits per heavy atom. The molecule has 2 aromatic rings. The second-order valence-corrected chi connectivity index (χ2v) is 10.4. The van der Waals surface area contributed by atoms with E-state index in [2.05, 4.69) is 61.1 Å². The lowest BCUT2D eigenvalue weighted by molar-refractivity contribution is -0.115. The Hall–Kier alpha value is -1.95. The molecule has 7 heteroatoms. The number of thioether (sulfide) groups is 1. The Bertz CT molecular complexity index is 1110. The highest BCUT2D eigenvalue weighted by molar-refractivity contribution is 8.18. The molecule has 162 valence electrons. The van der Waals surface area contributed by atoms with Gasteiger partial charge < -0.3 is 10.2 Å². The lowest BCUT2D eigenvalue weighted by Crippen LogP contribution is -2.48. The van der Waals surface area contributed by atoms with Gasteiger partial charge in [-0.05, 0) is 92.4 Å². The second kappa shape index (κ2) is 8.53. The molecule has 0 radical (unpaired) electrons. The Balaban J connectivity index is 1.61. The zero-order valence-electron chi connectivity index (χ0n) is 18.0. The van der Waals surface area contributed by atoms with Crippen LogP contribution in [0.1, 0.15) is 51.2 Å². The van der Waals surface area contributed by atoms with Gasteiger partial charge in [0.1, 0.15) is 0 Å². The predicted molar refractivity (Wildman–Crippen MR) is 134 cm³/mol. The SMILES string of the molecule is CCN1c2ccc(/C=C3/SC(=Nc4ccc(Cl)c(Cl)c4)NC3=O)cc2C(C)CC1(C)C. The molecule has 1 unspecified atom stereocenters. The van der Waals surface area contributed by atoms with Gasteiger partial charge in [-0.2, -0.15) is 0 Å². The fraction of sp³-hybridized carbons (Fsp3) is 0.333. The van der Waals surface area contributed by atoms with Gasteiger partial charge in [0.15, 0.2) is 5.17 Å². The molecule has 2 aromatic carbocycles. The molecule has 4 rings (SSSR count). The Kier molecular flexibility index (Phi) is 6.12. The number of halogens is 2. The van der Waals surface area contributed by atoms with Gasteiger partial charge in [-0.1, -0.05) is 36.2 Å². The minimum atomic E-state index is -0.147. The molecule has 31 heavy (non-hydrogen) atoms. The van der Waals surface area contributed by atoms with Crippen LogP contribution in [0.5, 0.6) is 0 Å². The fourth-order valence-electron chi connectivity index (χ4n) is 4.50. The van der Waals surface area contributed by atoms with Crippen LogP contribution in [0.3, 0.4) is 0 Å². The van der Waals surface area contributed by atoms with Crippen LogP contribution < -0.4 is 10.2 Å². The summed E-state index contributed by atoms with van der Waals surface area (Å²) in [5.74, 6) is 0.314. The first kappa shape index (κ1) is 22.3. The number of rotatable bonds is 3. The summed E-state index contributed by atoms with van der Waals surface area (Å²) in [6, 6.07) is 11.6. The van der Waals surface area contributed by atoms with Crippen LogP contribution in [0.4, 0.5) is 11.4 Å². The largest absolute Gasteiger partial charge is 0.366 e. The molecule has 0 aromatic heterocycles. The third kappa shape index (κ3) is 4.50. The third-order valence-corrected chi connectivity index (χ3v) is 7.46. The summed E-state index contributed by atoms with van der Waals surface area (Å²) in [4.78, 5) is 20.1. The lowest BCUT2D eigenvalue weighted by Gasteiger charge is -2.47. The molecular formula is C24H25Cl2N3OS. The summed E-state index contributed by atoms with van der Waals surface area (Å²) in [5, 5.41) is 4.26. The molecule has 0 saturated carbocycles. The summed E-state index contributed by atoms with van der Waals surface area (Å²) >= 11 is 13.3. The fourth-order valence-corrected chi connectivity index (χ4v) is 5.64. The summed E-state index contributed by atoms with van der Waals surface area (Å²) in [5.41, 5.74) is 4.43. The van der Waals surface area contributed by atoms with Crippen LogP contribution in [-0.2, 0) is 4.79 Å². The molecule has 2 aliphatic heterocycles. The molecular weight excluding hydrogens is 449 g/mol. The Morgan fingerprint density at radius 3 is 2.71 bits per heavy atom. The number of amidine groups is 1. The van der Waals surface area contributed by atoms with Gasteiger partial charge in [-0.25, -0.2) is 4.99 Å². The number of nitrogens with zero attached hydrogens (tertiary/aromatic N) is 2. The van der Waals surface area contributed by atoms with Crippen LogP contribution in [0.2, 0.25) is 10.0 Å². The maximum atomic E-state index is 12.5.